The average molecular weight is 479 g/mol. The minimum absolute atomic E-state index is 0.313. The molecule has 1 aliphatic heterocycles. The molecule has 0 unspecified atom stereocenters. The van der Waals surface area contributed by atoms with Gasteiger partial charge in [0.1, 0.15) is 5.75 Å². The zero-order valence-electron chi connectivity index (χ0n) is 20.6. The molecular weight excluding hydrogens is 452 g/mol. The third-order valence-corrected chi connectivity index (χ3v) is 7.08. The zero-order chi connectivity index (χ0) is 25.1. The summed E-state index contributed by atoms with van der Waals surface area (Å²) in [6, 6.07) is 23.7. The fourth-order valence-corrected chi connectivity index (χ4v) is 5.27. The third-order valence-electron chi connectivity index (χ3n) is 7.08. The number of aromatic nitrogens is 3. The van der Waals surface area contributed by atoms with E-state index in [1.54, 1.807) is 18.7 Å². The lowest BCUT2D eigenvalue weighted by Gasteiger charge is -2.31. The summed E-state index contributed by atoms with van der Waals surface area (Å²) >= 11 is 0. The van der Waals surface area contributed by atoms with Crippen LogP contribution >= 0.6 is 0 Å². The molecule has 0 saturated carbocycles. The van der Waals surface area contributed by atoms with Crippen LogP contribution in [0.15, 0.2) is 82.4 Å². The Morgan fingerprint density at radius 2 is 1.64 bits per heavy atom. The van der Waals surface area contributed by atoms with Crippen LogP contribution < -0.4 is 21.3 Å². The second-order valence-electron chi connectivity index (χ2n) is 9.24. The maximum absolute atomic E-state index is 13.7. The first-order valence-electron chi connectivity index (χ1n) is 11.8. The first-order chi connectivity index (χ1) is 17.4. The van der Waals surface area contributed by atoms with Crippen molar-refractivity contribution in [3.05, 3.63) is 110 Å². The molecule has 1 atom stereocenters. The van der Waals surface area contributed by atoms with E-state index in [0.29, 0.717) is 10.9 Å². The van der Waals surface area contributed by atoms with E-state index in [-0.39, 0.29) is 17.3 Å². The number of para-hydroxylation sites is 2. The van der Waals surface area contributed by atoms with Crippen LogP contribution in [0.5, 0.6) is 5.75 Å². The van der Waals surface area contributed by atoms with Crippen LogP contribution in [0.1, 0.15) is 22.9 Å². The smallest absolute Gasteiger partial charge is 0.331 e. The molecule has 6 rings (SSSR count). The van der Waals surface area contributed by atoms with Crippen LogP contribution in [0.2, 0.25) is 0 Å². The SMILES string of the molecule is COc1cccc([C@@H]2Nc3ccccc3-n3c(-c4ccc(C)cc4)c4c(=O)n(C)c(=O)n(C)c4c32)c1. The molecule has 0 bridgehead atoms. The first-order valence-corrected chi connectivity index (χ1v) is 11.8. The molecule has 1 N–H and O–H groups in total. The van der Waals surface area contributed by atoms with E-state index in [0.717, 1.165) is 45.2 Å². The van der Waals surface area contributed by atoms with Crippen molar-refractivity contribution in [1.29, 1.82) is 0 Å². The Bertz CT molecular complexity index is 1770. The quantitative estimate of drug-likeness (QED) is 0.414. The van der Waals surface area contributed by atoms with Crippen molar-refractivity contribution < 1.29 is 4.74 Å². The molecule has 0 amide bonds. The lowest BCUT2D eigenvalue weighted by Crippen LogP contribution is -2.37. The molecule has 2 aromatic heterocycles. The topological polar surface area (TPSA) is 70.2 Å². The van der Waals surface area contributed by atoms with E-state index in [1.807, 2.05) is 79.7 Å². The predicted octanol–water partition coefficient (Wildman–Crippen LogP) is 4.53. The van der Waals surface area contributed by atoms with Crippen molar-refractivity contribution in [2.24, 2.45) is 14.1 Å². The summed E-state index contributed by atoms with van der Waals surface area (Å²) in [6.07, 6.45) is 0. The zero-order valence-corrected chi connectivity index (χ0v) is 20.6. The van der Waals surface area contributed by atoms with Gasteiger partial charge in [-0.05, 0) is 42.3 Å². The minimum atomic E-state index is -0.361. The van der Waals surface area contributed by atoms with Crippen LogP contribution in [0.25, 0.3) is 27.8 Å². The van der Waals surface area contributed by atoms with E-state index in [2.05, 4.69) is 9.88 Å². The standard InChI is InChI=1S/C29H26N4O3/c1-17-12-14-18(15-13-17)25-23-26(31(2)29(35)32(3)28(23)34)27-24(19-8-7-9-20(16-19)36-4)30-21-10-5-6-11-22(21)33(25)27/h5-16,24,30H,1-4H3/t24-/m0/s1. The Labute approximate surface area is 207 Å². The van der Waals surface area contributed by atoms with E-state index < -0.39 is 0 Å². The summed E-state index contributed by atoms with van der Waals surface area (Å²) in [5.41, 5.74) is 6.43. The number of hydrogen-bond acceptors (Lipinski definition) is 4. The molecule has 5 aromatic rings. The Kier molecular flexibility index (Phi) is 4.89. The molecule has 0 radical (unpaired) electrons. The number of rotatable bonds is 3. The highest BCUT2D eigenvalue weighted by Gasteiger charge is 2.34. The number of benzene rings is 3. The second-order valence-corrected chi connectivity index (χ2v) is 9.24. The number of ether oxygens (including phenoxy) is 1. The molecule has 3 heterocycles. The molecule has 7 heteroatoms. The normalized spacial score (nSPS) is 14.3. The molecule has 180 valence electrons. The lowest BCUT2D eigenvalue weighted by atomic mass is 9.99. The maximum Gasteiger partial charge on any atom is 0.331 e. The van der Waals surface area contributed by atoms with Gasteiger partial charge >= 0.3 is 5.69 Å². The number of nitrogens with zero attached hydrogens (tertiary/aromatic N) is 3. The van der Waals surface area contributed by atoms with Gasteiger partial charge in [0.05, 0.1) is 46.8 Å². The molecule has 36 heavy (non-hydrogen) atoms. The fourth-order valence-electron chi connectivity index (χ4n) is 5.27. The van der Waals surface area contributed by atoms with Crippen LogP contribution in [0.3, 0.4) is 0 Å². The molecule has 1 aliphatic rings. The maximum atomic E-state index is 13.7. The summed E-state index contributed by atoms with van der Waals surface area (Å²) in [4.78, 5) is 26.9. The highest BCUT2D eigenvalue weighted by Crippen LogP contribution is 2.45. The van der Waals surface area contributed by atoms with Crippen LogP contribution in [-0.2, 0) is 14.1 Å². The fraction of sp³-hybridized carbons (Fsp3) is 0.172. The van der Waals surface area contributed by atoms with Crippen molar-refractivity contribution in [1.82, 2.24) is 13.7 Å². The molecule has 7 nitrogen and oxygen atoms in total. The summed E-state index contributed by atoms with van der Waals surface area (Å²) in [5, 5.41) is 4.19. The summed E-state index contributed by atoms with van der Waals surface area (Å²) in [5.74, 6) is 0.735. The molecule has 0 aliphatic carbocycles. The van der Waals surface area contributed by atoms with Crippen molar-refractivity contribution in [2.75, 3.05) is 12.4 Å². The Hall–Kier alpha value is -4.52. The van der Waals surface area contributed by atoms with Crippen LogP contribution in [0, 0.1) is 6.92 Å². The van der Waals surface area contributed by atoms with Gasteiger partial charge in [0.25, 0.3) is 5.56 Å². The number of fused-ring (bicyclic) bond motifs is 5. The van der Waals surface area contributed by atoms with Crippen molar-refractivity contribution in [2.45, 2.75) is 13.0 Å². The van der Waals surface area contributed by atoms with Gasteiger partial charge in [-0.2, -0.15) is 0 Å². The van der Waals surface area contributed by atoms with Gasteiger partial charge in [-0.15, -0.1) is 0 Å². The monoisotopic (exact) mass is 478 g/mol. The molecule has 0 spiro atoms. The number of aryl methyl sites for hydroxylation is 2. The van der Waals surface area contributed by atoms with E-state index in [9.17, 15) is 9.59 Å². The first kappa shape index (κ1) is 22.0. The number of methoxy groups -OCH3 is 1. The number of hydrogen-bond donors (Lipinski definition) is 1. The number of anilines is 1. The summed E-state index contributed by atoms with van der Waals surface area (Å²) < 4.78 is 10.4. The lowest BCUT2D eigenvalue weighted by molar-refractivity contribution is 0.414. The highest BCUT2D eigenvalue weighted by molar-refractivity contribution is 5.99. The molecule has 0 fully saturated rings. The van der Waals surface area contributed by atoms with Crippen molar-refractivity contribution >= 4 is 16.6 Å². The molecular formula is C29H26N4O3. The predicted molar refractivity (Wildman–Crippen MR) is 142 cm³/mol. The van der Waals surface area contributed by atoms with Gasteiger partial charge < -0.3 is 14.6 Å². The van der Waals surface area contributed by atoms with Crippen LogP contribution in [0.4, 0.5) is 5.69 Å². The second kappa shape index (κ2) is 8.02. The van der Waals surface area contributed by atoms with Crippen molar-refractivity contribution in [3.8, 4) is 22.7 Å². The largest absolute Gasteiger partial charge is 0.497 e. The van der Waals surface area contributed by atoms with Gasteiger partial charge in [0, 0.05) is 14.1 Å². The summed E-state index contributed by atoms with van der Waals surface area (Å²) in [6.45, 7) is 2.04. The van der Waals surface area contributed by atoms with Gasteiger partial charge in [-0.1, -0.05) is 54.1 Å². The van der Waals surface area contributed by atoms with Crippen LogP contribution in [-0.4, -0.2) is 20.8 Å². The van der Waals surface area contributed by atoms with Gasteiger partial charge in [-0.25, -0.2) is 4.79 Å². The Balaban J connectivity index is 1.84. The molecule has 3 aromatic carbocycles. The Morgan fingerprint density at radius 3 is 2.39 bits per heavy atom. The Morgan fingerprint density at radius 1 is 0.889 bits per heavy atom. The minimum Gasteiger partial charge on any atom is -0.497 e. The van der Waals surface area contributed by atoms with Crippen molar-refractivity contribution in [3.63, 3.8) is 0 Å². The number of nitrogens with one attached hydrogen (secondary N) is 1. The molecule has 0 saturated heterocycles. The van der Waals surface area contributed by atoms with Gasteiger partial charge in [0.15, 0.2) is 0 Å². The average Bonchev–Trinajstić information content (AvgIpc) is 3.27. The highest BCUT2D eigenvalue weighted by atomic mass is 16.5. The third kappa shape index (κ3) is 3.05. The summed E-state index contributed by atoms with van der Waals surface area (Å²) in [7, 11) is 4.90. The van der Waals surface area contributed by atoms with Gasteiger partial charge in [-0.3, -0.25) is 13.9 Å². The van der Waals surface area contributed by atoms with E-state index >= 15 is 0 Å². The van der Waals surface area contributed by atoms with E-state index in [1.165, 1.54) is 11.6 Å². The van der Waals surface area contributed by atoms with E-state index in [4.69, 9.17) is 4.74 Å². The van der Waals surface area contributed by atoms with Gasteiger partial charge in [0.2, 0.25) is 0 Å².